The largest absolute Gasteiger partial charge is 0.0725 e. The molecule has 36 heavy (non-hydrogen) atoms. The van der Waals surface area contributed by atoms with Gasteiger partial charge in [-0.05, 0) is 96.1 Å². The van der Waals surface area contributed by atoms with Crippen LogP contribution in [0.15, 0.2) is 121 Å². The van der Waals surface area contributed by atoms with Crippen molar-refractivity contribution in [2.75, 3.05) is 0 Å². The molecule has 0 aromatic heterocycles. The van der Waals surface area contributed by atoms with Crippen molar-refractivity contribution in [3.05, 3.63) is 155 Å². The monoisotopic (exact) mass is 454 g/mol. The average Bonchev–Trinajstić information content (AvgIpc) is 3.55. The molecule has 9 rings (SSSR count). The smallest absolute Gasteiger partial charge is 0.0619 e. The summed E-state index contributed by atoms with van der Waals surface area (Å²) in [7, 11) is 0. The van der Waals surface area contributed by atoms with Gasteiger partial charge in [0, 0.05) is 0 Å². The van der Waals surface area contributed by atoms with E-state index in [2.05, 4.69) is 121 Å². The van der Waals surface area contributed by atoms with E-state index in [0.717, 1.165) is 6.42 Å². The van der Waals surface area contributed by atoms with Crippen molar-refractivity contribution < 1.29 is 0 Å². The summed E-state index contributed by atoms with van der Waals surface area (Å²) in [5, 5.41) is 2.65. The summed E-state index contributed by atoms with van der Waals surface area (Å²) in [6, 6.07) is 45.8. The van der Waals surface area contributed by atoms with Gasteiger partial charge in [-0.1, -0.05) is 109 Å². The number of benzene rings is 6. The number of hydrogen-bond acceptors (Lipinski definition) is 0. The Hall–Kier alpha value is -4.42. The SMILES string of the molecule is c1ccc2c(c1)Cc1cc3c(cc1-2)C1(c2ccccc2-3)c2ccccc2-c2c1ccc1ccccc21. The molecule has 0 N–H and O–H groups in total. The lowest BCUT2D eigenvalue weighted by atomic mass is 9.70. The fraction of sp³-hybridized carbons (Fsp3) is 0.0556. The molecule has 1 atom stereocenters. The van der Waals surface area contributed by atoms with Gasteiger partial charge in [0.1, 0.15) is 0 Å². The van der Waals surface area contributed by atoms with Gasteiger partial charge >= 0.3 is 0 Å². The number of rotatable bonds is 0. The van der Waals surface area contributed by atoms with Crippen LogP contribution in [-0.2, 0) is 11.8 Å². The van der Waals surface area contributed by atoms with Gasteiger partial charge in [-0.3, -0.25) is 0 Å². The van der Waals surface area contributed by atoms with Crippen LogP contribution in [0.3, 0.4) is 0 Å². The Morgan fingerprint density at radius 3 is 2.00 bits per heavy atom. The van der Waals surface area contributed by atoms with E-state index in [1.54, 1.807) is 0 Å². The number of fused-ring (bicyclic) bond motifs is 15. The molecule has 0 saturated heterocycles. The molecular weight excluding hydrogens is 432 g/mol. The molecule has 0 aliphatic heterocycles. The van der Waals surface area contributed by atoms with E-state index < -0.39 is 0 Å². The first-order valence-corrected chi connectivity index (χ1v) is 12.8. The van der Waals surface area contributed by atoms with Crippen molar-refractivity contribution in [2.45, 2.75) is 11.8 Å². The van der Waals surface area contributed by atoms with E-state index in [9.17, 15) is 0 Å². The first kappa shape index (κ1) is 18.9. The Morgan fingerprint density at radius 2 is 1.11 bits per heavy atom. The molecule has 3 aliphatic rings. The van der Waals surface area contributed by atoms with Gasteiger partial charge in [-0.25, -0.2) is 0 Å². The van der Waals surface area contributed by atoms with Crippen molar-refractivity contribution in [1.82, 2.24) is 0 Å². The van der Waals surface area contributed by atoms with Crippen LogP contribution in [0.25, 0.3) is 44.2 Å². The average molecular weight is 455 g/mol. The second-order valence-corrected chi connectivity index (χ2v) is 10.4. The Morgan fingerprint density at radius 1 is 0.417 bits per heavy atom. The Labute approximate surface area is 210 Å². The van der Waals surface area contributed by atoms with Gasteiger partial charge in [0.15, 0.2) is 0 Å². The molecule has 0 heterocycles. The summed E-state index contributed by atoms with van der Waals surface area (Å²) < 4.78 is 0. The highest BCUT2D eigenvalue weighted by atomic mass is 14.5. The van der Waals surface area contributed by atoms with Crippen molar-refractivity contribution in [3.63, 3.8) is 0 Å². The fourth-order valence-electron chi connectivity index (χ4n) is 7.53. The van der Waals surface area contributed by atoms with Crippen molar-refractivity contribution in [3.8, 4) is 33.4 Å². The predicted molar refractivity (Wildman–Crippen MR) is 148 cm³/mol. The molecular formula is C36H22. The molecule has 0 fully saturated rings. The maximum absolute atomic E-state index is 2.54. The highest BCUT2D eigenvalue weighted by molar-refractivity contribution is 6.06. The molecule has 0 radical (unpaired) electrons. The van der Waals surface area contributed by atoms with Crippen LogP contribution < -0.4 is 0 Å². The molecule has 6 aromatic rings. The lowest BCUT2D eigenvalue weighted by Crippen LogP contribution is -2.25. The minimum absolute atomic E-state index is 0.297. The summed E-state index contributed by atoms with van der Waals surface area (Å²) in [5.41, 5.74) is 16.6. The van der Waals surface area contributed by atoms with Crippen LogP contribution in [0.2, 0.25) is 0 Å². The maximum Gasteiger partial charge on any atom is 0.0725 e. The topological polar surface area (TPSA) is 0 Å². The van der Waals surface area contributed by atoms with E-state index in [1.807, 2.05) is 0 Å². The normalized spacial score (nSPS) is 17.4. The highest BCUT2D eigenvalue weighted by Gasteiger charge is 2.52. The minimum Gasteiger partial charge on any atom is -0.0619 e. The molecule has 166 valence electrons. The third-order valence-corrected chi connectivity index (χ3v) is 8.89. The molecule has 0 saturated carbocycles. The van der Waals surface area contributed by atoms with Gasteiger partial charge in [-0.15, -0.1) is 0 Å². The van der Waals surface area contributed by atoms with Gasteiger partial charge in [0.2, 0.25) is 0 Å². The molecule has 1 unspecified atom stereocenters. The first-order valence-electron chi connectivity index (χ1n) is 12.8. The molecule has 0 heteroatoms. The first-order chi connectivity index (χ1) is 17.9. The van der Waals surface area contributed by atoms with E-state index in [1.165, 1.54) is 77.5 Å². The molecule has 1 spiro atoms. The van der Waals surface area contributed by atoms with Gasteiger partial charge < -0.3 is 0 Å². The molecule has 6 aromatic carbocycles. The van der Waals surface area contributed by atoms with Crippen molar-refractivity contribution in [2.24, 2.45) is 0 Å². The summed E-state index contributed by atoms with van der Waals surface area (Å²) in [6.45, 7) is 0. The standard InChI is InChI=1S/C36H22/c1-4-12-26-22(9-1)17-18-33-35(26)28-14-6-8-16-32(28)36(33)31-15-7-5-13-27(31)30-20-24-19-23-10-2-3-11-25(23)29(24)21-34(30)36/h1-18,20-21H,19H2. The highest BCUT2D eigenvalue weighted by Crippen LogP contribution is 2.64. The second kappa shape index (κ2) is 6.42. The zero-order valence-corrected chi connectivity index (χ0v) is 19.8. The summed E-state index contributed by atoms with van der Waals surface area (Å²) >= 11 is 0. The predicted octanol–water partition coefficient (Wildman–Crippen LogP) is 8.75. The van der Waals surface area contributed by atoms with Crippen LogP contribution >= 0.6 is 0 Å². The fourth-order valence-corrected chi connectivity index (χ4v) is 7.53. The maximum atomic E-state index is 2.54. The third-order valence-electron chi connectivity index (χ3n) is 8.89. The van der Waals surface area contributed by atoms with Crippen molar-refractivity contribution in [1.29, 1.82) is 0 Å². The van der Waals surface area contributed by atoms with E-state index in [-0.39, 0.29) is 5.41 Å². The Balaban J connectivity index is 1.48. The quantitative estimate of drug-likeness (QED) is 0.215. The van der Waals surface area contributed by atoms with E-state index >= 15 is 0 Å². The van der Waals surface area contributed by atoms with Gasteiger partial charge in [0.25, 0.3) is 0 Å². The third kappa shape index (κ3) is 2.05. The molecule has 0 amide bonds. The minimum atomic E-state index is -0.297. The van der Waals surface area contributed by atoms with E-state index in [0.29, 0.717) is 0 Å². The van der Waals surface area contributed by atoms with Crippen LogP contribution in [0.4, 0.5) is 0 Å². The lowest BCUT2D eigenvalue weighted by Gasteiger charge is -2.31. The van der Waals surface area contributed by atoms with Crippen LogP contribution in [-0.4, -0.2) is 0 Å². The Kier molecular flexibility index (Phi) is 3.36. The van der Waals surface area contributed by atoms with Gasteiger partial charge in [0.05, 0.1) is 5.41 Å². The molecule has 3 aliphatic carbocycles. The summed E-state index contributed by atoms with van der Waals surface area (Å²) in [4.78, 5) is 0. The molecule has 0 bridgehead atoms. The van der Waals surface area contributed by atoms with Crippen LogP contribution in [0.1, 0.15) is 33.4 Å². The van der Waals surface area contributed by atoms with Crippen LogP contribution in [0, 0.1) is 0 Å². The Bertz CT molecular complexity index is 1920. The zero-order chi connectivity index (χ0) is 23.4. The van der Waals surface area contributed by atoms with E-state index in [4.69, 9.17) is 0 Å². The summed E-state index contributed by atoms with van der Waals surface area (Å²) in [6.07, 6.45) is 1.02. The molecule has 0 nitrogen and oxygen atoms in total. The number of hydrogen-bond donors (Lipinski definition) is 0. The van der Waals surface area contributed by atoms with Gasteiger partial charge in [-0.2, -0.15) is 0 Å². The summed E-state index contributed by atoms with van der Waals surface area (Å²) in [5.74, 6) is 0. The lowest BCUT2D eigenvalue weighted by molar-refractivity contribution is 0.794. The second-order valence-electron chi connectivity index (χ2n) is 10.4. The van der Waals surface area contributed by atoms with Crippen molar-refractivity contribution >= 4 is 10.8 Å². The zero-order valence-electron chi connectivity index (χ0n) is 19.8. The van der Waals surface area contributed by atoms with Crippen LogP contribution in [0.5, 0.6) is 0 Å².